The van der Waals surface area contributed by atoms with Gasteiger partial charge in [-0.2, -0.15) is 5.26 Å². The van der Waals surface area contributed by atoms with E-state index in [0.29, 0.717) is 27.5 Å². The van der Waals surface area contributed by atoms with E-state index in [0.717, 1.165) is 0 Å². The van der Waals surface area contributed by atoms with Crippen molar-refractivity contribution in [3.8, 4) is 6.07 Å². The maximum absolute atomic E-state index is 12.4. The van der Waals surface area contributed by atoms with Crippen LogP contribution in [-0.2, 0) is 0 Å². The molecule has 5 heteroatoms. The van der Waals surface area contributed by atoms with E-state index in [2.05, 4.69) is 0 Å². The number of carbonyl (C=O) groups is 1. The second-order valence-electron chi connectivity index (χ2n) is 4.26. The van der Waals surface area contributed by atoms with E-state index in [-0.39, 0.29) is 5.91 Å². The highest BCUT2D eigenvalue weighted by Gasteiger charge is 2.15. The molecule has 2 aromatic carbocycles. The number of rotatable bonds is 2. The maximum Gasteiger partial charge on any atom is 0.258 e. The average Bonchev–Trinajstić information content (AvgIpc) is 2.48. The molecule has 0 atom stereocenters. The van der Waals surface area contributed by atoms with Crippen molar-refractivity contribution in [1.29, 1.82) is 5.26 Å². The van der Waals surface area contributed by atoms with Gasteiger partial charge in [0, 0.05) is 17.6 Å². The number of nitrogen functional groups attached to an aromatic ring is 1. The summed E-state index contributed by atoms with van der Waals surface area (Å²) in [5.41, 5.74) is 7.86. The quantitative estimate of drug-likeness (QED) is 0.862. The van der Waals surface area contributed by atoms with Gasteiger partial charge in [0.05, 0.1) is 23.0 Å². The summed E-state index contributed by atoms with van der Waals surface area (Å²) in [4.78, 5) is 13.8. The van der Waals surface area contributed by atoms with Gasteiger partial charge in [-0.05, 0) is 42.5 Å². The predicted molar refractivity (Wildman–Crippen MR) is 79.8 cm³/mol. The van der Waals surface area contributed by atoms with Crippen molar-refractivity contribution >= 4 is 28.9 Å². The van der Waals surface area contributed by atoms with Crippen molar-refractivity contribution in [1.82, 2.24) is 0 Å². The first-order valence-corrected chi connectivity index (χ1v) is 6.24. The van der Waals surface area contributed by atoms with Crippen LogP contribution in [0.1, 0.15) is 15.9 Å². The molecule has 0 aliphatic rings. The molecule has 1 amide bonds. The first-order valence-electron chi connectivity index (χ1n) is 5.86. The summed E-state index contributed by atoms with van der Waals surface area (Å²) in [5, 5.41) is 9.25. The third kappa shape index (κ3) is 2.73. The molecule has 0 aliphatic carbocycles. The third-order valence-corrected chi connectivity index (χ3v) is 3.15. The summed E-state index contributed by atoms with van der Waals surface area (Å²) in [6, 6.07) is 13.4. The van der Waals surface area contributed by atoms with Crippen LogP contribution in [0.2, 0.25) is 5.02 Å². The highest BCUT2D eigenvalue weighted by atomic mass is 35.5. The number of nitriles is 1. The molecule has 0 fully saturated rings. The molecule has 0 heterocycles. The van der Waals surface area contributed by atoms with E-state index in [9.17, 15) is 4.79 Å². The second kappa shape index (κ2) is 5.64. The molecule has 2 N–H and O–H groups in total. The largest absolute Gasteiger partial charge is 0.397 e. The van der Waals surface area contributed by atoms with E-state index < -0.39 is 0 Å². The van der Waals surface area contributed by atoms with Crippen LogP contribution in [0.15, 0.2) is 42.5 Å². The zero-order valence-corrected chi connectivity index (χ0v) is 11.6. The second-order valence-corrected chi connectivity index (χ2v) is 4.69. The van der Waals surface area contributed by atoms with E-state index in [1.165, 1.54) is 4.90 Å². The molecule has 2 aromatic rings. The number of carbonyl (C=O) groups excluding carboxylic acids is 1. The fourth-order valence-corrected chi connectivity index (χ4v) is 1.96. The van der Waals surface area contributed by atoms with Gasteiger partial charge < -0.3 is 10.6 Å². The summed E-state index contributed by atoms with van der Waals surface area (Å²) < 4.78 is 0. The van der Waals surface area contributed by atoms with Gasteiger partial charge in [-0.25, -0.2) is 0 Å². The van der Waals surface area contributed by atoms with Gasteiger partial charge in [0.25, 0.3) is 5.91 Å². The molecule has 0 radical (unpaired) electrons. The van der Waals surface area contributed by atoms with Gasteiger partial charge >= 0.3 is 0 Å². The van der Waals surface area contributed by atoms with Crippen LogP contribution < -0.4 is 10.6 Å². The topological polar surface area (TPSA) is 70.1 Å². The molecular weight excluding hydrogens is 274 g/mol. The van der Waals surface area contributed by atoms with E-state index in [1.807, 2.05) is 6.07 Å². The minimum atomic E-state index is -0.219. The zero-order chi connectivity index (χ0) is 14.7. The Morgan fingerprint density at radius 3 is 2.50 bits per heavy atom. The van der Waals surface area contributed by atoms with E-state index in [4.69, 9.17) is 22.6 Å². The molecule has 0 aromatic heterocycles. The Balaban J connectivity index is 2.32. The van der Waals surface area contributed by atoms with Crippen molar-refractivity contribution in [2.24, 2.45) is 0 Å². The lowest BCUT2D eigenvalue weighted by Crippen LogP contribution is -2.27. The highest BCUT2D eigenvalue weighted by molar-refractivity contribution is 6.31. The standard InChI is InChI=1S/C15H12ClN3O/c1-19(14-8-12(16)6-7-13(14)18)15(20)11-4-2-10(9-17)3-5-11/h2-8H,18H2,1H3. The normalized spacial score (nSPS) is 9.85. The summed E-state index contributed by atoms with van der Waals surface area (Å²) in [6.07, 6.45) is 0. The lowest BCUT2D eigenvalue weighted by molar-refractivity contribution is 0.0993. The van der Waals surface area contributed by atoms with Crippen LogP contribution in [0.25, 0.3) is 0 Å². The summed E-state index contributed by atoms with van der Waals surface area (Å²) in [6.45, 7) is 0. The lowest BCUT2D eigenvalue weighted by Gasteiger charge is -2.19. The number of benzene rings is 2. The number of amides is 1. The molecule has 2 rings (SSSR count). The number of halogens is 1. The minimum Gasteiger partial charge on any atom is -0.397 e. The van der Waals surface area contributed by atoms with Crippen LogP contribution in [0.5, 0.6) is 0 Å². The molecule has 0 aliphatic heterocycles. The molecule has 0 saturated heterocycles. The molecule has 0 spiro atoms. The zero-order valence-electron chi connectivity index (χ0n) is 10.8. The fourth-order valence-electron chi connectivity index (χ4n) is 1.80. The van der Waals surface area contributed by atoms with Crippen molar-refractivity contribution in [3.63, 3.8) is 0 Å². The predicted octanol–water partition coefficient (Wildman–Crippen LogP) is 3.07. The van der Waals surface area contributed by atoms with Gasteiger partial charge in [0.15, 0.2) is 0 Å². The Kier molecular flexibility index (Phi) is 3.92. The number of nitrogens with zero attached hydrogens (tertiary/aromatic N) is 2. The van der Waals surface area contributed by atoms with Gasteiger partial charge in [-0.3, -0.25) is 4.79 Å². The van der Waals surface area contributed by atoms with Gasteiger partial charge in [-0.1, -0.05) is 11.6 Å². The smallest absolute Gasteiger partial charge is 0.258 e. The molecule has 20 heavy (non-hydrogen) atoms. The first kappa shape index (κ1) is 13.9. The number of nitrogens with two attached hydrogens (primary N) is 1. The van der Waals surface area contributed by atoms with Crippen molar-refractivity contribution < 1.29 is 4.79 Å². The Bertz CT molecular complexity index is 689. The third-order valence-electron chi connectivity index (χ3n) is 2.92. The Labute approximate surface area is 122 Å². The first-order chi connectivity index (χ1) is 9.52. The van der Waals surface area contributed by atoms with Crippen LogP contribution >= 0.6 is 11.6 Å². The monoisotopic (exact) mass is 285 g/mol. The van der Waals surface area contributed by atoms with Gasteiger partial charge in [-0.15, -0.1) is 0 Å². The van der Waals surface area contributed by atoms with Gasteiger partial charge in [0.1, 0.15) is 0 Å². The molecule has 4 nitrogen and oxygen atoms in total. The molecular formula is C15H12ClN3O. The van der Waals surface area contributed by atoms with Crippen molar-refractivity contribution in [2.45, 2.75) is 0 Å². The summed E-state index contributed by atoms with van der Waals surface area (Å²) in [5.74, 6) is -0.219. The van der Waals surface area contributed by atoms with Crippen LogP contribution in [0, 0.1) is 11.3 Å². The number of hydrogen-bond acceptors (Lipinski definition) is 3. The van der Waals surface area contributed by atoms with Crippen molar-refractivity contribution in [2.75, 3.05) is 17.7 Å². The molecule has 0 bridgehead atoms. The highest BCUT2D eigenvalue weighted by Crippen LogP contribution is 2.27. The number of anilines is 2. The van der Waals surface area contributed by atoms with Gasteiger partial charge in [0.2, 0.25) is 0 Å². The van der Waals surface area contributed by atoms with Crippen LogP contribution in [-0.4, -0.2) is 13.0 Å². The summed E-state index contributed by atoms with van der Waals surface area (Å²) >= 11 is 5.92. The molecule has 0 saturated carbocycles. The Morgan fingerprint density at radius 2 is 1.90 bits per heavy atom. The van der Waals surface area contributed by atoms with Crippen LogP contribution in [0.3, 0.4) is 0 Å². The number of hydrogen-bond donors (Lipinski definition) is 1. The SMILES string of the molecule is CN(C(=O)c1ccc(C#N)cc1)c1cc(Cl)ccc1N. The Hall–Kier alpha value is -2.51. The van der Waals surface area contributed by atoms with E-state index in [1.54, 1.807) is 49.5 Å². The lowest BCUT2D eigenvalue weighted by atomic mass is 10.1. The summed E-state index contributed by atoms with van der Waals surface area (Å²) in [7, 11) is 1.63. The molecule has 100 valence electrons. The van der Waals surface area contributed by atoms with Crippen LogP contribution in [0.4, 0.5) is 11.4 Å². The fraction of sp³-hybridized carbons (Fsp3) is 0.0667. The average molecular weight is 286 g/mol. The molecule has 0 unspecified atom stereocenters. The minimum absolute atomic E-state index is 0.219. The maximum atomic E-state index is 12.4. The van der Waals surface area contributed by atoms with Crippen molar-refractivity contribution in [3.05, 3.63) is 58.6 Å². The van der Waals surface area contributed by atoms with E-state index >= 15 is 0 Å². The Morgan fingerprint density at radius 1 is 1.25 bits per heavy atom.